The van der Waals surface area contributed by atoms with Crippen molar-refractivity contribution in [2.24, 2.45) is 0 Å². The maximum Gasteiger partial charge on any atom is 0.305 e. The zero-order valence-electron chi connectivity index (χ0n) is 7.44. The summed E-state index contributed by atoms with van der Waals surface area (Å²) in [7, 11) is 0. The van der Waals surface area contributed by atoms with E-state index in [1.807, 2.05) is 0 Å². The third-order valence-corrected chi connectivity index (χ3v) is 1.80. The molecule has 0 radical (unpaired) electrons. The Morgan fingerprint density at radius 2 is 2.27 bits per heavy atom. The van der Waals surface area contributed by atoms with E-state index in [4.69, 9.17) is 5.26 Å². The lowest BCUT2D eigenvalue weighted by Gasteiger charge is -2.00. The van der Waals surface area contributed by atoms with Gasteiger partial charge in [-0.2, -0.15) is 9.65 Å². The Kier molecular flexibility index (Phi) is 3.08. The molecule has 0 saturated carbocycles. The van der Waals surface area contributed by atoms with Gasteiger partial charge >= 0.3 is 5.69 Å². The van der Waals surface area contributed by atoms with Crippen LogP contribution in [0, 0.1) is 27.3 Å². The van der Waals surface area contributed by atoms with Crippen molar-refractivity contribution in [3.8, 4) is 6.07 Å². The highest BCUT2D eigenvalue weighted by atomic mass is 19.1. The molecule has 1 aromatic carbocycles. The molecule has 0 N–H and O–H groups in total. The van der Waals surface area contributed by atoms with Gasteiger partial charge in [-0.25, -0.2) is 0 Å². The molecule has 6 heteroatoms. The van der Waals surface area contributed by atoms with Gasteiger partial charge in [-0.15, -0.1) is 0 Å². The Labute approximate surface area is 83.9 Å². The first-order valence-corrected chi connectivity index (χ1v) is 3.89. The molecule has 0 aromatic heterocycles. The number of nitro groups is 1. The molecule has 0 aliphatic heterocycles. The van der Waals surface area contributed by atoms with Gasteiger partial charge < -0.3 is 0 Å². The molecule has 0 fully saturated rings. The summed E-state index contributed by atoms with van der Waals surface area (Å²) in [4.78, 5) is 20.0. The monoisotopic (exact) mass is 208 g/mol. The van der Waals surface area contributed by atoms with Crippen molar-refractivity contribution >= 4 is 12.0 Å². The van der Waals surface area contributed by atoms with Crippen molar-refractivity contribution in [1.29, 1.82) is 5.26 Å². The van der Waals surface area contributed by atoms with Gasteiger partial charge in [0.2, 0.25) is 5.82 Å². The Hall–Kier alpha value is -2.29. The highest BCUT2D eigenvalue weighted by Gasteiger charge is 2.17. The van der Waals surface area contributed by atoms with Crippen LogP contribution in [0.2, 0.25) is 0 Å². The summed E-state index contributed by atoms with van der Waals surface area (Å²) in [6, 6.07) is 3.41. The summed E-state index contributed by atoms with van der Waals surface area (Å²) < 4.78 is 13.0. The summed E-state index contributed by atoms with van der Waals surface area (Å²) in [5.74, 6) is -1.08. The number of halogens is 1. The van der Waals surface area contributed by atoms with Gasteiger partial charge in [0.1, 0.15) is 6.29 Å². The second-order valence-electron chi connectivity index (χ2n) is 2.71. The highest BCUT2D eigenvalue weighted by Crippen LogP contribution is 2.21. The van der Waals surface area contributed by atoms with Crippen LogP contribution in [0.5, 0.6) is 0 Å². The fraction of sp³-hybridized carbons (Fsp3) is 0.111. The summed E-state index contributed by atoms with van der Waals surface area (Å²) in [5.41, 5.74) is -0.619. The van der Waals surface area contributed by atoms with Crippen molar-refractivity contribution in [2.45, 2.75) is 6.42 Å². The number of aldehydes is 1. The van der Waals surface area contributed by atoms with Gasteiger partial charge in [0.25, 0.3) is 0 Å². The van der Waals surface area contributed by atoms with Crippen LogP contribution in [0.3, 0.4) is 0 Å². The van der Waals surface area contributed by atoms with Crippen LogP contribution in [0.4, 0.5) is 10.1 Å². The van der Waals surface area contributed by atoms with E-state index in [1.54, 1.807) is 6.07 Å². The molecule has 0 unspecified atom stereocenters. The van der Waals surface area contributed by atoms with Gasteiger partial charge in [0, 0.05) is 11.6 Å². The van der Waals surface area contributed by atoms with Crippen molar-refractivity contribution in [2.75, 3.05) is 0 Å². The fourth-order valence-corrected chi connectivity index (χ4v) is 1.11. The number of nitriles is 1. The van der Waals surface area contributed by atoms with E-state index in [2.05, 4.69) is 0 Å². The predicted octanol–water partition coefficient (Wildman–Crippen LogP) is 1.61. The van der Waals surface area contributed by atoms with Crippen LogP contribution in [-0.4, -0.2) is 11.2 Å². The maximum absolute atomic E-state index is 13.0. The van der Waals surface area contributed by atoms with E-state index >= 15 is 0 Å². The van der Waals surface area contributed by atoms with Crippen LogP contribution in [0.15, 0.2) is 12.1 Å². The summed E-state index contributed by atoms with van der Waals surface area (Å²) in [5, 5.41) is 18.8. The molecule has 0 atom stereocenters. The molecule has 0 aliphatic carbocycles. The third-order valence-electron chi connectivity index (χ3n) is 1.80. The molecule has 0 saturated heterocycles. The van der Waals surface area contributed by atoms with E-state index < -0.39 is 16.4 Å². The molecule has 0 spiro atoms. The van der Waals surface area contributed by atoms with Gasteiger partial charge in [0.05, 0.1) is 17.4 Å². The molecular formula is C9H5FN2O3. The van der Waals surface area contributed by atoms with Crippen LogP contribution in [-0.2, 0) is 6.42 Å². The minimum Gasteiger partial charge on any atom is -0.298 e. The lowest BCUT2D eigenvalue weighted by molar-refractivity contribution is -0.387. The topological polar surface area (TPSA) is 84.0 Å². The SMILES string of the molecule is N#CCc1cc([N+](=O)[O-])c(F)cc1C=O. The number of benzene rings is 1. The number of rotatable bonds is 3. The van der Waals surface area contributed by atoms with Crippen molar-refractivity contribution in [1.82, 2.24) is 0 Å². The number of nitrogens with zero attached hydrogens (tertiary/aromatic N) is 2. The first kappa shape index (κ1) is 10.8. The van der Waals surface area contributed by atoms with Crippen LogP contribution in [0.25, 0.3) is 0 Å². The van der Waals surface area contributed by atoms with Crippen LogP contribution >= 0.6 is 0 Å². The normalized spacial score (nSPS) is 9.33. The molecule has 0 amide bonds. The quantitative estimate of drug-likeness (QED) is 0.429. The molecule has 15 heavy (non-hydrogen) atoms. The van der Waals surface area contributed by atoms with Gasteiger partial charge in [-0.1, -0.05) is 0 Å². The minimum atomic E-state index is -1.08. The van der Waals surface area contributed by atoms with E-state index in [1.165, 1.54) is 0 Å². The highest BCUT2D eigenvalue weighted by molar-refractivity contribution is 5.78. The van der Waals surface area contributed by atoms with Gasteiger partial charge in [-0.05, 0) is 11.6 Å². The lowest BCUT2D eigenvalue weighted by Crippen LogP contribution is -1.99. The van der Waals surface area contributed by atoms with Gasteiger partial charge in [0.15, 0.2) is 0 Å². The first-order chi connectivity index (χ1) is 7.10. The average molecular weight is 208 g/mol. The smallest absolute Gasteiger partial charge is 0.298 e. The van der Waals surface area contributed by atoms with E-state index in [0.717, 1.165) is 12.1 Å². The number of carbonyl (C=O) groups excluding carboxylic acids is 1. The minimum absolute atomic E-state index is 0.0420. The Bertz CT molecular complexity index is 465. The van der Waals surface area contributed by atoms with Crippen molar-refractivity contribution in [3.05, 3.63) is 39.2 Å². The maximum atomic E-state index is 13.0. The molecule has 0 heterocycles. The predicted molar refractivity (Wildman–Crippen MR) is 47.8 cm³/mol. The van der Waals surface area contributed by atoms with Crippen LogP contribution in [0.1, 0.15) is 15.9 Å². The number of carbonyl (C=O) groups is 1. The van der Waals surface area contributed by atoms with Crippen LogP contribution < -0.4 is 0 Å². The zero-order valence-corrected chi connectivity index (χ0v) is 7.44. The van der Waals surface area contributed by atoms with Crippen molar-refractivity contribution < 1.29 is 14.1 Å². The molecule has 5 nitrogen and oxygen atoms in total. The lowest BCUT2D eigenvalue weighted by atomic mass is 10.0. The molecular weight excluding hydrogens is 203 g/mol. The van der Waals surface area contributed by atoms with Gasteiger partial charge in [-0.3, -0.25) is 14.9 Å². The average Bonchev–Trinajstić information content (AvgIpc) is 2.20. The summed E-state index contributed by atoms with van der Waals surface area (Å²) in [6.07, 6.45) is 0.189. The Balaban J connectivity index is 3.37. The zero-order chi connectivity index (χ0) is 11.4. The number of hydrogen-bond acceptors (Lipinski definition) is 4. The second kappa shape index (κ2) is 4.28. The standard InChI is InChI=1S/C9H5FN2O3/c10-8-3-7(5-13)6(1-2-11)4-9(8)12(14)15/h3-5H,1H2. The summed E-state index contributed by atoms with van der Waals surface area (Å²) in [6.45, 7) is 0. The van der Waals surface area contributed by atoms with Crippen molar-refractivity contribution in [3.63, 3.8) is 0 Å². The number of hydrogen-bond donors (Lipinski definition) is 0. The fourth-order valence-electron chi connectivity index (χ4n) is 1.11. The molecule has 1 rings (SSSR count). The Morgan fingerprint density at radius 1 is 1.60 bits per heavy atom. The van der Waals surface area contributed by atoms with E-state index in [0.29, 0.717) is 6.29 Å². The molecule has 0 aliphatic rings. The molecule has 1 aromatic rings. The van der Waals surface area contributed by atoms with E-state index in [9.17, 15) is 19.3 Å². The molecule has 0 bridgehead atoms. The summed E-state index contributed by atoms with van der Waals surface area (Å²) >= 11 is 0. The molecule has 76 valence electrons. The van der Waals surface area contributed by atoms with E-state index in [-0.39, 0.29) is 17.5 Å². The second-order valence-corrected chi connectivity index (χ2v) is 2.71. The third kappa shape index (κ3) is 2.14. The first-order valence-electron chi connectivity index (χ1n) is 3.89. The largest absolute Gasteiger partial charge is 0.305 e. The number of nitro benzene ring substituents is 1. The Morgan fingerprint density at radius 3 is 2.73 bits per heavy atom.